The smallest absolute Gasteiger partial charge is 0.287 e. The number of halogens is 1. The molecule has 0 saturated carbocycles. The van der Waals surface area contributed by atoms with Crippen LogP contribution >= 0.6 is 11.6 Å². The van der Waals surface area contributed by atoms with Crippen molar-refractivity contribution in [3.63, 3.8) is 0 Å². The van der Waals surface area contributed by atoms with Gasteiger partial charge in [-0.05, 0) is 37.9 Å². The fourth-order valence-corrected chi connectivity index (χ4v) is 3.51. The van der Waals surface area contributed by atoms with Crippen LogP contribution in [0.2, 0.25) is 5.02 Å². The van der Waals surface area contributed by atoms with Gasteiger partial charge in [0.05, 0.1) is 11.5 Å². The summed E-state index contributed by atoms with van der Waals surface area (Å²) < 4.78 is 17.7. The van der Waals surface area contributed by atoms with Crippen molar-refractivity contribution in [1.29, 1.82) is 0 Å². The lowest BCUT2D eigenvalue weighted by Gasteiger charge is -2.09. The summed E-state index contributed by atoms with van der Waals surface area (Å²) in [6.45, 7) is 1.29. The number of amides is 1. The molecule has 1 amide bonds. The van der Waals surface area contributed by atoms with Crippen LogP contribution in [0.25, 0.3) is 0 Å². The van der Waals surface area contributed by atoms with E-state index >= 15 is 0 Å². The van der Waals surface area contributed by atoms with Crippen molar-refractivity contribution < 1.29 is 13.4 Å². The number of nitrogens with one attached hydrogen (secondary N) is 1. The Bertz CT molecular complexity index is 715. The molecule has 24 heavy (non-hydrogen) atoms. The van der Waals surface area contributed by atoms with E-state index in [9.17, 15) is 9.00 Å². The van der Waals surface area contributed by atoms with E-state index in [-0.39, 0.29) is 17.4 Å². The van der Waals surface area contributed by atoms with Crippen LogP contribution in [-0.4, -0.2) is 42.2 Å². The van der Waals surface area contributed by atoms with Gasteiger partial charge in [0.15, 0.2) is 5.76 Å². The quantitative estimate of drug-likeness (QED) is 0.778. The van der Waals surface area contributed by atoms with Crippen molar-refractivity contribution in [2.24, 2.45) is 0 Å². The molecule has 5 nitrogen and oxygen atoms in total. The van der Waals surface area contributed by atoms with Crippen molar-refractivity contribution in [3.8, 4) is 0 Å². The van der Waals surface area contributed by atoms with E-state index in [0.29, 0.717) is 23.1 Å². The highest BCUT2D eigenvalue weighted by Crippen LogP contribution is 2.18. The Kier molecular flexibility index (Phi) is 7.02. The number of likely N-dealkylation sites (N-methyl/N-ethyl adjacent to an activating group) is 1. The largest absolute Gasteiger partial charge is 0.455 e. The van der Waals surface area contributed by atoms with Gasteiger partial charge < -0.3 is 14.6 Å². The van der Waals surface area contributed by atoms with Gasteiger partial charge in [0, 0.05) is 28.9 Å². The van der Waals surface area contributed by atoms with Gasteiger partial charge in [-0.15, -0.1) is 0 Å². The van der Waals surface area contributed by atoms with E-state index in [0.717, 1.165) is 12.1 Å². The number of benzene rings is 1. The fourth-order valence-electron chi connectivity index (χ4n) is 2.06. The van der Waals surface area contributed by atoms with Gasteiger partial charge in [0.25, 0.3) is 5.91 Å². The summed E-state index contributed by atoms with van der Waals surface area (Å²) in [7, 11) is 2.71. The number of hydrogen-bond donors (Lipinski definition) is 1. The Balaban J connectivity index is 1.88. The number of hydrogen-bond acceptors (Lipinski definition) is 4. The van der Waals surface area contributed by atoms with Crippen LogP contribution in [0.4, 0.5) is 0 Å². The zero-order chi connectivity index (χ0) is 17.5. The van der Waals surface area contributed by atoms with Gasteiger partial charge in [-0.2, -0.15) is 0 Å². The van der Waals surface area contributed by atoms with Crippen LogP contribution in [-0.2, 0) is 22.3 Å². The van der Waals surface area contributed by atoms with E-state index in [2.05, 4.69) is 5.32 Å². The number of furan rings is 1. The van der Waals surface area contributed by atoms with Crippen molar-refractivity contribution >= 4 is 28.3 Å². The standard InChI is InChI=1S/C17H21ClN2O3S/c1-20(2)10-9-19-17(21)16-8-7-14(23-16)12-24(22)11-13-5-3-4-6-15(13)18/h3-8H,9-12H2,1-2H3,(H,19,21). The van der Waals surface area contributed by atoms with Crippen LogP contribution in [0.15, 0.2) is 40.8 Å². The third-order valence-corrected chi connectivity index (χ3v) is 4.92. The second kappa shape index (κ2) is 9.01. The van der Waals surface area contributed by atoms with E-state index in [4.69, 9.17) is 16.0 Å². The third-order valence-electron chi connectivity index (χ3n) is 3.31. The average Bonchev–Trinajstić information content (AvgIpc) is 2.97. The fraction of sp³-hybridized carbons (Fsp3) is 0.353. The molecule has 2 rings (SSSR count). The summed E-state index contributed by atoms with van der Waals surface area (Å²) in [6, 6.07) is 10.6. The average molecular weight is 369 g/mol. The zero-order valence-corrected chi connectivity index (χ0v) is 15.3. The summed E-state index contributed by atoms with van der Waals surface area (Å²) in [4.78, 5) is 13.9. The Hall–Kier alpha value is -1.63. The monoisotopic (exact) mass is 368 g/mol. The molecule has 0 bridgehead atoms. The number of carbonyl (C=O) groups excluding carboxylic acids is 1. The highest BCUT2D eigenvalue weighted by molar-refractivity contribution is 7.83. The highest BCUT2D eigenvalue weighted by Gasteiger charge is 2.13. The normalized spacial score (nSPS) is 12.3. The molecule has 1 atom stereocenters. The van der Waals surface area contributed by atoms with Gasteiger partial charge in [-0.3, -0.25) is 9.00 Å². The molecule has 0 aliphatic carbocycles. The third kappa shape index (κ3) is 5.78. The number of carbonyl (C=O) groups is 1. The summed E-state index contributed by atoms with van der Waals surface area (Å²) in [5.41, 5.74) is 0.839. The van der Waals surface area contributed by atoms with Crippen molar-refractivity contribution in [3.05, 3.63) is 58.5 Å². The lowest BCUT2D eigenvalue weighted by atomic mass is 10.2. The van der Waals surface area contributed by atoms with E-state index < -0.39 is 10.8 Å². The predicted molar refractivity (Wildman–Crippen MR) is 96.6 cm³/mol. The lowest BCUT2D eigenvalue weighted by molar-refractivity contribution is 0.0922. The SMILES string of the molecule is CN(C)CCNC(=O)c1ccc(CS(=O)Cc2ccccc2Cl)o1. The topological polar surface area (TPSA) is 62.6 Å². The first-order valence-electron chi connectivity index (χ1n) is 7.55. The van der Waals surface area contributed by atoms with E-state index in [1.54, 1.807) is 18.2 Å². The predicted octanol–water partition coefficient (Wildman–Crippen LogP) is 2.67. The maximum absolute atomic E-state index is 12.2. The minimum atomic E-state index is -1.16. The van der Waals surface area contributed by atoms with Gasteiger partial charge in [-0.25, -0.2) is 0 Å². The Labute approximate surface area is 149 Å². The van der Waals surface area contributed by atoms with Crippen molar-refractivity contribution in [2.45, 2.75) is 11.5 Å². The molecule has 0 fully saturated rings. The van der Waals surface area contributed by atoms with Crippen LogP contribution < -0.4 is 5.32 Å². The minimum Gasteiger partial charge on any atom is -0.455 e. The first-order chi connectivity index (χ1) is 11.5. The molecule has 2 aromatic rings. The van der Waals surface area contributed by atoms with Crippen LogP contribution in [0, 0.1) is 0 Å². The Morgan fingerprint density at radius 2 is 1.96 bits per heavy atom. The minimum absolute atomic E-state index is 0.235. The van der Waals surface area contributed by atoms with Gasteiger partial charge in [0.2, 0.25) is 0 Å². The maximum Gasteiger partial charge on any atom is 0.287 e. The molecule has 1 aromatic heterocycles. The second-order valence-electron chi connectivity index (χ2n) is 5.65. The van der Waals surface area contributed by atoms with Crippen molar-refractivity contribution in [2.75, 3.05) is 27.2 Å². The van der Waals surface area contributed by atoms with Gasteiger partial charge >= 0.3 is 0 Å². The summed E-state index contributed by atoms with van der Waals surface area (Å²) >= 11 is 6.07. The summed E-state index contributed by atoms with van der Waals surface area (Å²) in [5.74, 6) is 1.10. The molecular weight excluding hydrogens is 348 g/mol. The molecule has 1 unspecified atom stereocenters. The van der Waals surface area contributed by atoms with Crippen LogP contribution in [0.3, 0.4) is 0 Å². The molecule has 1 N–H and O–H groups in total. The summed E-state index contributed by atoms with van der Waals surface area (Å²) in [6.07, 6.45) is 0. The molecule has 1 aromatic carbocycles. The molecule has 0 aliphatic heterocycles. The van der Waals surface area contributed by atoms with Crippen molar-refractivity contribution in [1.82, 2.24) is 10.2 Å². The first kappa shape index (κ1) is 18.7. The van der Waals surface area contributed by atoms with Gasteiger partial charge in [0.1, 0.15) is 5.76 Å². The molecule has 0 aliphatic rings. The highest BCUT2D eigenvalue weighted by atomic mass is 35.5. The molecule has 7 heteroatoms. The first-order valence-corrected chi connectivity index (χ1v) is 9.42. The van der Waals surface area contributed by atoms with Crippen LogP contribution in [0.1, 0.15) is 21.9 Å². The molecule has 130 valence electrons. The molecule has 1 heterocycles. The lowest BCUT2D eigenvalue weighted by Crippen LogP contribution is -2.31. The molecular formula is C17H21ClN2O3S. The van der Waals surface area contributed by atoms with Crippen LogP contribution in [0.5, 0.6) is 0 Å². The summed E-state index contributed by atoms with van der Waals surface area (Å²) in [5, 5.41) is 3.38. The molecule has 0 saturated heterocycles. The molecule has 0 radical (unpaired) electrons. The zero-order valence-electron chi connectivity index (χ0n) is 13.8. The number of nitrogens with zero attached hydrogens (tertiary/aromatic N) is 1. The second-order valence-corrected chi connectivity index (χ2v) is 7.51. The maximum atomic E-state index is 12.2. The number of rotatable bonds is 8. The van der Waals surface area contributed by atoms with Gasteiger partial charge in [-0.1, -0.05) is 29.8 Å². The Morgan fingerprint density at radius 1 is 1.21 bits per heavy atom. The van der Waals surface area contributed by atoms with E-state index in [1.165, 1.54) is 0 Å². The Morgan fingerprint density at radius 3 is 2.67 bits per heavy atom. The van der Waals surface area contributed by atoms with E-state index in [1.807, 2.05) is 37.2 Å². The molecule has 0 spiro atoms.